The molecule has 1 aliphatic heterocycles. The monoisotopic (exact) mass is 457 g/mol. The van der Waals surface area contributed by atoms with E-state index < -0.39 is 0 Å². The van der Waals surface area contributed by atoms with Crippen molar-refractivity contribution >= 4 is 34.2 Å². The molecule has 5 rings (SSSR count). The van der Waals surface area contributed by atoms with Crippen LogP contribution in [0.15, 0.2) is 72.1 Å². The molecule has 1 N–H and O–H groups in total. The Morgan fingerprint density at radius 2 is 1.52 bits per heavy atom. The van der Waals surface area contributed by atoms with E-state index in [2.05, 4.69) is 34.6 Å². The van der Waals surface area contributed by atoms with Gasteiger partial charge in [0, 0.05) is 23.9 Å². The van der Waals surface area contributed by atoms with E-state index in [1.165, 1.54) is 16.2 Å². The minimum atomic E-state index is -0.264. The molecule has 0 spiro atoms. The molecule has 6 nitrogen and oxygen atoms in total. The van der Waals surface area contributed by atoms with Gasteiger partial charge in [0.25, 0.3) is 0 Å². The second-order valence-corrected chi connectivity index (χ2v) is 9.12. The van der Waals surface area contributed by atoms with Crippen LogP contribution in [0.1, 0.15) is 19.3 Å². The number of nitrogens with zero attached hydrogens (tertiary/aromatic N) is 2. The van der Waals surface area contributed by atoms with Gasteiger partial charge in [-0.25, -0.2) is 4.98 Å². The molecule has 2 aliphatic rings. The van der Waals surface area contributed by atoms with Crippen LogP contribution in [0.5, 0.6) is 0 Å². The van der Waals surface area contributed by atoms with Crippen LogP contribution < -0.4 is 5.32 Å². The third-order valence-corrected chi connectivity index (χ3v) is 6.96. The molecule has 0 radical (unpaired) electrons. The van der Waals surface area contributed by atoms with E-state index >= 15 is 0 Å². The molecule has 7 heteroatoms. The number of allylic oxidation sites excluding steroid dienone is 2. The summed E-state index contributed by atoms with van der Waals surface area (Å²) < 4.78 is 0. The summed E-state index contributed by atoms with van der Waals surface area (Å²) in [4.78, 5) is 43.3. The van der Waals surface area contributed by atoms with E-state index in [0.717, 1.165) is 22.4 Å². The summed E-state index contributed by atoms with van der Waals surface area (Å²) in [5.74, 6) is -1.10. The first-order chi connectivity index (χ1) is 16.1. The molecule has 33 heavy (non-hydrogen) atoms. The second kappa shape index (κ2) is 9.11. The summed E-state index contributed by atoms with van der Waals surface area (Å²) >= 11 is 1.35. The molecule has 1 aromatic heterocycles. The molecular formula is C26H23N3O3S. The second-order valence-electron chi connectivity index (χ2n) is 8.26. The van der Waals surface area contributed by atoms with Gasteiger partial charge < -0.3 is 5.32 Å². The zero-order valence-electron chi connectivity index (χ0n) is 17.9. The lowest BCUT2D eigenvalue weighted by molar-refractivity contribution is -0.140. The summed E-state index contributed by atoms with van der Waals surface area (Å²) in [6, 6.07) is 18.3. The Labute approximate surface area is 196 Å². The van der Waals surface area contributed by atoms with E-state index in [1.807, 2.05) is 47.9 Å². The van der Waals surface area contributed by atoms with Gasteiger partial charge in [0.2, 0.25) is 17.7 Å². The smallest absolute Gasteiger partial charge is 0.233 e. The van der Waals surface area contributed by atoms with Crippen LogP contribution in [0.25, 0.3) is 22.4 Å². The molecular weight excluding hydrogens is 434 g/mol. The maximum atomic E-state index is 12.5. The van der Waals surface area contributed by atoms with Crippen LogP contribution in [0.4, 0.5) is 5.13 Å². The summed E-state index contributed by atoms with van der Waals surface area (Å²) in [6.07, 6.45) is 5.18. The van der Waals surface area contributed by atoms with Crippen molar-refractivity contribution < 1.29 is 14.4 Å². The van der Waals surface area contributed by atoms with Gasteiger partial charge >= 0.3 is 0 Å². The van der Waals surface area contributed by atoms with Gasteiger partial charge in [-0.3, -0.25) is 19.3 Å². The topological polar surface area (TPSA) is 79.4 Å². The first kappa shape index (κ1) is 21.3. The van der Waals surface area contributed by atoms with E-state index in [0.29, 0.717) is 18.0 Å². The number of likely N-dealkylation sites (tertiary alicyclic amines) is 1. The van der Waals surface area contributed by atoms with Crippen LogP contribution in [0.2, 0.25) is 0 Å². The number of carbonyl (C=O) groups is 3. The minimum absolute atomic E-state index is 0.0606. The number of imide groups is 1. The Hall–Kier alpha value is -3.58. The predicted octanol–water partition coefficient (Wildman–Crippen LogP) is 4.76. The van der Waals surface area contributed by atoms with Crippen LogP contribution in [-0.2, 0) is 14.4 Å². The Morgan fingerprint density at radius 3 is 2.18 bits per heavy atom. The number of aromatic nitrogens is 1. The van der Waals surface area contributed by atoms with Crippen LogP contribution in [0.3, 0.4) is 0 Å². The van der Waals surface area contributed by atoms with Gasteiger partial charge in [0.05, 0.1) is 17.5 Å². The van der Waals surface area contributed by atoms with Crippen molar-refractivity contribution in [2.75, 3.05) is 11.9 Å². The standard InChI is InChI=1S/C26H23N3O3S/c30-23(14-15-29-24(31)20-8-4-5-9-21(20)25(29)32)28-26-27-22(16-33-26)19-12-10-18(11-13-19)17-6-2-1-3-7-17/h1-7,10-13,16,20-21H,8-9,14-15H2,(H,27,28,30). The number of thiazole rings is 1. The van der Waals surface area contributed by atoms with Gasteiger partial charge in [0.15, 0.2) is 5.13 Å². The number of benzene rings is 2. The molecule has 1 aliphatic carbocycles. The molecule has 0 saturated carbocycles. The zero-order valence-corrected chi connectivity index (χ0v) is 18.8. The zero-order chi connectivity index (χ0) is 22.8. The molecule has 166 valence electrons. The predicted molar refractivity (Wildman–Crippen MR) is 128 cm³/mol. The third-order valence-electron chi connectivity index (χ3n) is 6.20. The highest BCUT2D eigenvalue weighted by Gasteiger charge is 2.46. The maximum absolute atomic E-state index is 12.5. The van der Waals surface area contributed by atoms with Crippen molar-refractivity contribution in [1.29, 1.82) is 0 Å². The van der Waals surface area contributed by atoms with Crippen molar-refractivity contribution in [1.82, 2.24) is 9.88 Å². The number of hydrogen-bond donors (Lipinski definition) is 1. The Morgan fingerprint density at radius 1 is 0.909 bits per heavy atom. The van der Waals surface area contributed by atoms with E-state index in [-0.39, 0.29) is 42.5 Å². The highest BCUT2D eigenvalue weighted by Crippen LogP contribution is 2.35. The fourth-order valence-corrected chi connectivity index (χ4v) is 5.15. The first-order valence-electron chi connectivity index (χ1n) is 11.0. The number of fused-ring (bicyclic) bond motifs is 1. The number of anilines is 1. The van der Waals surface area contributed by atoms with Crippen LogP contribution in [0, 0.1) is 11.8 Å². The number of rotatable bonds is 6. The highest BCUT2D eigenvalue weighted by atomic mass is 32.1. The fraction of sp³-hybridized carbons (Fsp3) is 0.231. The lowest BCUT2D eigenvalue weighted by Gasteiger charge is -2.14. The molecule has 3 aromatic rings. The average molecular weight is 458 g/mol. The minimum Gasteiger partial charge on any atom is -0.302 e. The molecule has 2 aromatic carbocycles. The Bertz CT molecular complexity index is 1190. The summed E-state index contributed by atoms with van der Waals surface area (Å²) in [7, 11) is 0. The van der Waals surface area contributed by atoms with Crippen molar-refractivity contribution in [3.05, 3.63) is 72.1 Å². The van der Waals surface area contributed by atoms with Gasteiger partial charge in [-0.1, -0.05) is 66.7 Å². The normalized spacial score (nSPS) is 19.6. The quantitative estimate of drug-likeness (QED) is 0.428. The van der Waals surface area contributed by atoms with Crippen LogP contribution in [-0.4, -0.2) is 34.2 Å². The largest absolute Gasteiger partial charge is 0.302 e. The lowest BCUT2D eigenvalue weighted by atomic mass is 9.85. The first-order valence-corrected chi connectivity index (χ1v) is 11.9. The summed E-state index contributed by atoms with van der Waals surface area (Å²) in [5.41, 5.74) is 4.04. The molecule has 2 heterocycles. The number of carbonyl (C=O) groups excluding carboxylic acids is 3. The highest BCUT2D eigenvalue weighted by molar-refractivity contribution is 7.14. The third kappa shape index (κ3) is 4.36. The number of nitrogens with one attached hydrogen (secondary N) is 1. The van der Waals surface area contributed by atoms with Gasteiger partial charge in [-0.15, -0.1) is 11.3 Å². The summed E-state index contributed by atoms with van der Waals surface area (Å²) in [5, 5.41) is 5.19. The molecule has 0 bridgehead atoms. The molecule has 1 fully saturated rings. The Balaban J connectivity index is 1.18. The van der Waals surface area contributed by atoms with E-state index in [4.69, 9.17) is 0 Å². The summed E-state index contributed by atoms with van der Waals surface area (Å²) in [6.45, 7) is 0.107. The van der Waals surface area contributed by atoms with Gasteiger partial charge in [-0.05, 0) is 24.0 Å². The lowest BCUT2D eigenvalue weighted by Crippen LogP contribution is -2.34. The number of hydrogen-bond acceptors (Lipinski definition) is 5. The molecule has 3 amide bonds. The van der Waals surface area contributed by atoms with Crippen molar-refractivity contribution in [3.8, 4) is 22.4 Å². The van der Waals surface area contributed by atoms with E-state index in [9.17, 15) is 14.4 Å². The van der Waals surface area contributed by atoms with Crippen molar-refractivity contribution in [2.24, 2.45) is 11.8 Å². The number of amides is 3. The van der Waals surface area contributed by atoms with Gasteiger partial charge in [0.1, 0.15) is 0 Å². The average Bonchev–Trinajstić information content (AvgIpc) is 3.41. The Kier molecular flexibility index (Phi) is 5.88. The SMILES string of the molecule is O=C(CCN1C(=O)C2CC=CCC2C1=O)Nc1nc(-c2ccc(-c3ccccc3)cc2)cs1. The molecule has 2 atom stereocenters. The maximum Gasteiger partial charge on any atom is 0.233 e. The van der Waals surface area contributed by atoms with Gasteiger partial charge in [-0.2, -0.15) is 0 Å². The van der Waals surface area contributed by atoms with Crippen LogP contribution >= 0.6 is 11.3 Å². The molecule has 1 saturated heterocycles. The van der Waals surface area contributed by atoms with E-state index in [1.54, 1.807) is 0 Å². The molecule has 2 unspecified atom stereocenters. The van der Waals surface area contributed by atoms with Crippen molar-refractivity contribution in [2.45, 2.75) is 19.3 Å². The fourth-order valence-electron chi connectivity index (χ4n) is 4.41. The van der Waals surface area contributed by atoms with Crippen molar-refractivity contribution in [3.63, 3.8) is 0 Å².